The maximum absolute atomic E-state index is 13.7. The molecular formula is C30H29NO5. The van der Waals surface area contributed by atoms with Crippen molar-refractivity contribution in [2.24, 2.45) is 35.5 Å². The number of ether oxygens (including phenoxy) is 1. The summed E-state index contributed by atoms with van der Waals surface area (Å²) in [7, 11) is 0. The van der Waals surface area contributed by atoms with Crippen molar-refractivity contribution in [2.75, 3.05) is 6.61 Å². The number of hydrogen-bond donors (Lipinski definition) is 0. The molecule has 0 unspecified atom stereocenters. The Bertz CT molecular complexity index is 1260. The number of imide groups is 1. The maximum Gasteiger partial charge on any atom is 0.330 e. The first-order valence-electron chi connectivity index (χ1n) is 12.7. The van der Waals surface area contributed by atoms with Crippen LogP contribution in [0.3, 0.4) is 0 Å². The summed E-state index contributed by atoms with van der Waals surface area (Å²) in [5.41, 5.74) is 3.33. The number of allylic oxidation sites excluding steroid dienone is 2. The molecule has 2 aromatic rings. The summed E-state index contributed by atoms with van der Waals surface area (Å²) in [5.74, 6) is -1.25. The van der Waals surface area contributed by atoms with Crippen LogP contribution >= 0.6 is 0 Å². The zero-order valence-electron chi connectivity index (χ0n) is 20.4. The Morgan fingerprint density at radius 2 is 1.56 bits per heavy atom. The van der Waals surface area contributed by atoms with Gasteiger partial charge in [0.15, 0.2) is 12.4 Å². The van der Waals surface area contributed by atoms with Gasteiger partial charge in [0.25, 0.3) is 0 Å². The SMILES string of the molecule is Cc1ccc(C(=O)COC(=O)[C@H](Cc2ccccc2)N2C(=O)[C@@H]3[C@H]4C=C[C@@H]([C@@H]5C[C@H]45)[C@H]3C2=O)cc1C. The third-order valence-electron chi connectivity index (χ3n) is 8.73. The molecule has 0 radical (unpaired) electrons. The van der Waals surface area contributed by atoms with E-state index in [0.29, 0.717) is 17.4 Å². The number of hydrogen-bond acceptors (Lipinski definition) is 5. The lowest BCUT2D eigenvalue weighted by molar-refractivity contribution is -0.158. The molecule has 7 rings (SSSR count). The third-order valence-corrected chi connectivity index (χ3v) is 8.73. The van der Waals surface area contributed by atoms with E-state index >= 15 is 0 Å². The molecule has 5 aliphatic rings. The summed E-state index contributed by atoms with van der Waals surface area (Å²) in [6.45, 7) is 3.45. The molecule has 184 valence electrons. The van der Waals surface area contributed by atoms with E-state index < -0.39 is 18.6 Å². The van der Waals surface area contributed by atoms with E-state index in [2.05, 4.69) is 12.2 Å². The number of aryl methyl sites for hydroxylation is 2. The largest absolute Gasteiger partial charge is 0.456 e. The van der Waals surface area contributed by atoms with Crippen LogP contribution in [0.25, 0.3) is 0 Å². The quantitative estimate of drug-likeness (QED) is 0.260. The van der Waals surface area contributed by atoms with E-state index in [1.54, 1.807) is 12.1 Å². The maximum atomic E-state index is 13.7. The number of carbonyl (C=O) groups is 4. The first-order chi connectivity index (χ1) is 17.3. The number of ketones is 1. The van der Waals surface area contributed by atoms with Gasteiger partial charge in [0.2, 0.25) is 11.8 Å². The summed E-state index contributed by atoms with van der Waals surface area (Å²) in [5, 5.41) is 0. The summed E-state index contributed by atoms with van der Waals surface area (Å²) < 4.78 is 5.47. The van der Waals surface area contributed by atoms with E-state index in [0.717, 1.165) is 23.1 Å². The van der Waals surface area contributed by atoms with Crippen LogP contribution in [-0.2, 0) is 25.5 Å². The van der Waals surface area contributed by atoms with Gasteiger partial charge in [0.05, 0.1) is 11.8 Å². The number of esters is 1. The van der Waals surface area contributed by atoms with Crippen molar-refractivity contribution in [1.82, 2.24) is 4.90 Å². The van der Waals surface area contributed by atoms with Crippen molar-refractivity contribution in [1.29, 1.82) is 0 Å². The minimum absolute atomic E-state index is 0.0752. The molecule has 2 saturated carbocycles. The van der Waals surface area contributed by atoms with Gasteiger partial charge in [0.1, 0.15) is 6.04 Å². The Hall–Kier alpha value is -3.54. The van der Waals surface area contributed by atoms with Gasteiger partial charge in [-0.05, 0) is 66.7 Å². The Morgan fingerprint density at radius 3 is 2.17 bits per heavy atom. The number of likely N-dealkylation sites (tertiary alicyclic amines) is 1. The Balaban J connectivity index is 1.24. The van der Waals surface area contributed by atoms with Gasteiger partial charge < -0.3 is 4.74 Å². The van der Waals surface area contributed by atoms with Crippen LogP contribution in [0.2, 0.25) is 0 Å². The molecule has 0 N–H and O–H groups in total. The van der Waals surface area contributed by atoms with Gasteiger partial charge in [0, 0.05) is 12.0 Å². The van der Waals surface area contributed by atoms with Crippen LogP contribution in [0.15, 0.2) is 60.7 Å². The smallest absolute Gasteiger partial charge is 0.330 e. The molecular weight excluding hydrogens is 454 g/mol. The predicted molar refractivity (Wildman–Crippen MR) is 132 cm³/mol. The van der Waals surface area contributed by atoms with Crippen LogP contribution in [0.4, 0.5) is 0 Å². The summed E-state index contributed by atoms with van der Waals surface area (Å²) >= 11 is 0. The first-order valence-corrected chi connectivity index (χ1v) is 12.7. The van der Waals surface area contributed by atoms with Crippen LogP contribution in [0, 0.1) is 49.4 Å². The summed E-state index contributed by atoms with van der Waals surface area (Å²) in [6.07, 6.45) is 5.46. The van der Waals surface area contributed by atoms with Gasteiger partial charge >= 0.3 is 5.97 Å². The van der Waals surface area contributed by atoms with Crippen LogP contribution in [-0.4, -0.2) is 41.1 Å². The van der Waals surface area contributed by atoms with Gasteiger partial charge in [-0.15, -0.1) is 0 Å². The molecule has 1 heterocycles. The summed E-state index contributed by atoms with van der Waals surface area (Å²) in [6, 6.07) is 13.6. The zero-order valence-corrected chi connectivity index (χ0v) is 20.4. The second-order valence-electron chi connectivity index (χ2n) is 10.7. The minimum atomic E-state index is -1.10. The molecule has 3 fully saturated rings. The fourth-order valence-corrected chi connectivity index (χ4v) is 6.64. The molecule has 7 atom stereocenters. The molecule has 6 nitrogen and oxygen atoms in total. The van der Waals surface area contributed by atoms with Gasteiger partial charge in [-0.1, -0.05) is 54.6 Å². The number of carbonyl (C=O) groups excluding carboxylic acids is 4. The number of amides is 2. The molecule has 1 aliphatic heterocycles. The van der Waals surface area contributed by atoms with E-state index in [1.807, 2.05) is 50.2 Å². The lowest BCUT2D eigenvalue weighted by atomic mass is 9.63. The highest BCUT2D eigenvalue weighted by atomic mass is 16.5. The van der Waals surface area contributed by atoms with E-state index in [9.17, 15) is 19.2 Å². The lowest BCUT2D eigenvalue weighted by Crippen LogP contribution is -2.48. The molecule has 2 bridgehead atoms. The monoisotopic (exact) mass is 483 g/mol. The highest BCUT2D eigenvalue weighted by Gasteiger charge is 2.68. The van der Waals surface area contributed by atoms with Crippen molar-refractivity contribution >= 4 is 23.6 Å². The van der Waals surface area contributed by atoms with Crippen molar-refractivity contribution in [2.45, 2.75) is 32.7 Å². The average Bonchev–Trinajstić information content (AvgIpc) is 3.67. The van der Waals surface area contributed by atoms with Crippen LogP contribution in [0.1, 0.15) is 33.5 Å². The molecule has 0 aromatic heterocycles. The highest BCUT2D eigenvalue weighted by Crippen LogP contribution is 2.65. The molecule has 4 aliphatic carbocycles. The molecule has 36 heavy (non-hydrogen) atoms. The van der Waals surface area contributed by atoms with Crippen LogP contribution < -0.4 is 0 Å². The fourth-order valence-electron chi connectivity index (χ4n) is 6.64. The van der Waals surface area contributed by atoms with Gasteiger partial charge in [-0.25, -0.2) is 4.79 Å². The molecule has 0 spiro atoms. The Labute approximate surface area is 210 Å². The standard InChI is InChI=1S/C30H29NO5/c1-16-8-9-19(12-17(16)2)25(32)15-36-30(35)24(13-18-6-4-3-5-7-18)31-28(33)26-20-10-11-21(23-14-22(20)23)27(26)29(31)34/h3-12,20-24,26-27H,13-15H2,1-2H3/t20-,21-,22-,23+,24-,26+,27+/m0/s1. The lowest BCUT2D eigenvalue weighted by Gasteiger charge is -2.37. The van der Waals surface area contributed by atoms with E-state index in [4.69, 9.17) is 4.74 Å². The Kier molecular flexibility index (Phi) is 5.43. The fraction of sp³-hybridized carbons (Fsp3) is 0.400. The molecule has 2 amide bonds. The third kappa shape index (κ3) is 3.62. The van der Waals surface area contributed by atoms with Gasteiger partial charge in [-0.2, -0.15) is 0 Å². The van der Waals surface area contributed by atoms with Crippen LogP contribution in [0.5, 0.6) is 0 Å². The van der Waals surface area contributed by atoms with Crippen molar-refractivity contribution in [3.05, 3.63) is 82.9 Å². The summed E-state index contributed by atoms with van der Waals surface area (Å²) in [4.78, 5) is 54.7. The van der Waals surface area contributed by atoms with Crippen molar-refractivity contribution in [3.63, 3.8) is 0 Å². The van der Waals surface area contributed by atoms with E-state index in [1.165, 1.54) is 4.90 Å². The highest BCUT2D eigenvalue weighted by molar-refractivity contribution is 6.09. The first kappa shape index (κ1) is 22.9. The molecule has 1 saturated heterocycles. The number of nitrogens with zero attached hydrogens (tertiary/aromatic N) is 1. The molecule has 6 heteroatoms. The number of Topliss-reactive ketones (excluding diaryl/α,β-unsaturated/α-hetero) is 1. The predicted octanol–water partition coefficient (Wildman–Crippen LogP) is 3.69. The Morgan fingerprint density at radius 1 is 0.917 bits per heavy atom. The topological polar surface area (TPSA) is 80.8 Å². The van der Waals surface area contributed by atoms with Crippen molar-refractivity contribution in [3.8, 4) is 0 Å². The van der Waals surface area contributed by atoms with Gasteiger partial charge in [-0.3, -0.25) is 19.3 Å². The second-order valence-corrected chi connectivity index (χ2v) is 10.7. The second kappa shape index (κ2) is 8.54. The van der Waals surface area contributed by atoms with Crippen molar-refractivity contribution < 1.29 is 23.9 Å². The molecule has 2 aromatic carbocycles. The zero-order chi connectivity index (χ0) is 25.1. The normalized spacial score (nSPS) is 30.1. The number of rotatable bonds is 7. The average molecular weight is 484 g/mol. The number of benzene rings is 2. The van der Waals surface area contributed by atoms with E-state index in [-0.39, 0.29) is 47.7 Å². The minimum Gasteiger partial charge on any atom is -0.456 e.